The number of amides is 1. The fourth-order valence-corrected chi connectivity index (χ4v) is 3.92. The van der Waals surface area contributed by atoms with Gasteiger partial charge in [-0.05, 0) is 48.5 Å². The van der Waals surface area contributed by atoms with Crippen LogP contribution in [0.3, 0.4) is 0 Å². The van der Waals surface area contributed by atoms with Crippen molar-refractivity contribution in [3.8, 4) is 16.6 Å². The summed E-state index contributed by atoms with van der Waals surface area (Å²) >= 11 is 7.62. The normalized spacial score (nSPS) is 10.6. The first kappa shape index (κ1) is 18.1. The van der Waals surface area contributed by atoms with Gasteiger partial charge in [-0.1, -0.05) is 23.7 Å². The maximum Gasteiger partial charge on any atom is 0.258 e. The summed E-state index contributed by atoms with van der Waals surface area (Å²) in [6.45, 7) is 0. The maximum atomic E-state index is 14.2. The molecule has 1 amide bonds. The average Bonchev–Trinajstić information content (AvgIpc) is 3.13. The minimum Gasteiger partial charge on any atom is -0.321 e. The van der Waals surface area contributed by atoms with Crippen LogP contribution in [0.5, 0.6) is 0 Å². The van der Waals surface area contributed by atoms with Crippen molar-refractivity contribution in [1.82, 2.24) is 4.98 Å². The van der Waals surface area contributed by atoms with E-state index in [2.05, 4.69) is 10.3 Å². The topological polar surface area (TPSA) is 65.8 Å². The molecule has 0 spiro atoms. The Hall–Kier alpha value is -3.27. The number of hydrogen-bond donors (Lipinski definition) is 1. The second kappa shape index (κ2) is 7.39. The SMILES string of the molecule is N#Cc1ccc(C(=O)Nc2ccc(Cl)cc2-c2nc3ccccc3s2)c(F)c1. The molecular formula is C21H11ClFN3OS. The highest BCUT2D eigenvalue weighted by molar-refractivity contribution is 7.21. The van der Waals surface area contributed by atoms with Gasteiger partial charge in [0.2, 0.25) is 0 Å². The van der Waals surface area contributed by atoms with Crippen molar-refractivity contribution in [2.45, 2.75) is 0 Å². The van der Waals surface area contributed by atoms with Crippen LogP contribution in [0.2, 0.25) is 5.02 Å². The molecule has 0 radical (unpaired) electrons. The summed E-state index contributed by atoms with van der Waals surface area (Å²) in [5.41, 5.74) is 1.96. The standard InChI is InChI=1S/C21H11ClFN3OS/c22-13-6-8-17(25-20(27)14-7-5-12(11-24)9-16(14)23)15(10-13)21-26-18-3-1-2-4-19(18)28-21/h1-10H,(H,25,27). The summed E-state index contributed by atoms with van der Waals surface area (Å²) in [7, 11) is 0. The lowest BCUT2D eigenvalue weighted by Gasteiger charge is -2.10. The minimum absolute atomic E-state index is 0.149. The third-order valence-electron chi connectivity index (χ3n) is 4.10. The van der Waals surface area contributed by atoms with Crippen molar-refractivity contribution in [2.75, 3.05) is 5.32 Å². The molecule has 1 aromatic heterocycles. The van der Waals surface area contributed by atoms with Crippen molar-refractivity contribution >= 4 is 44.7 Å². The number of aromatic nitrogens is 1. The molecule has 4 aromatic rings. The van der Waals surface area contributed by atoms with Gasteiger partial charge in [0.25, 0.3) is 5.91 Å². The molecule has 0 saturated heterocycles. The molecule has 4 nitrogen and oxygen atoms in total. The number of carbonyl (C=O) groups is 1. The van der Waals surface area contributed by atoms with Gasteiger partial charge < -0.3 is 5.32 Å². The molecule has 0 aliphatic rings. The van der Waals surface area contributed by atoms with Gasteiger partial charge in [0.05, 0.1) is 33.1 Å². The Bertz CT molecular complexity index is 1230. The third-order valence-corrected chi connectivity index (χ3v) is 5.40. The minimum atomic E-state index is -0.757. The first-order valence-electron chi connectivity index (χ1n) is 8.21. The number of thiazole rings is 1. The highest BCUT2D eigenvalue weighted by atomic mass is 35.5. The van der Waals surface area contributed by atoms with E-state index in [0.717, 1.165) is 16.3 Å². The molecule has 0 saturated carbocycles. The van der Waals surface area contributed by atoms with Crippen LogP contribution in [-0.4, -0.2) is 10.9 Å². The van der Waals surface area contributed by atoms with Gasteiger partial charge in [-0.3, -0.25) is 4.79 Å². The second-order valence-electron chi connectivity index (χ2n) is 5.94. The monoisotopic (exact) mass is 407 g/mol. The summed E-state index contributed by atoms with van der Waals surface area (Å²) in [4.78, 5) is 17.2. The largest absolute Gasteiger partial charge is 0.321 e. The van der Waals surface area contributed by atoms with Gasteiger partial charge in [0.1, 0.15) is 10.8 Å². The fraction of sp³-hybridized carbons (Fsp3) is 0. The maximum absolute atomic E-state index is 14.2. The van der Waals surface area contributed by atoms with E-state index in [-0.39, 0.29) is 11.1 Å². The van der Waals surface area contributed by atoms with E-state index in [1.807, 2.05) is 30.3 Å². The van der Waals surface area contributed by atoms with E-state index in [9.17, 15) is 9.18 Å². The molecule has 0 fully saturated rings. The van der Waals surface area contributed by atoms with Crippen LogP contribution in [0.25, 0.3) is 20.8 Å². The number of para-hydroxylation sites is 1. The molecule has 7 heteroatoms. The van der Waals surface area contributed by atoms with Crippen molar-refractivity contribution in [2.24, 2.45) is 0 Å². The summed E-state index contributed by atoms with van der Waals surface area (Å²) in [5, 5.41) is 12.8. The Morgan fingerprint density at radius 1 is 1.14 bits per heavy atom. The summed E-state index contributed by atoms with van der Waals surface area (Å²) in [6, 6.07) is 18.3. The van der Waals surface area contributed by atoms with Gasteiger partial charge in [-0.15, -0.1) is 11.3 Å². The molecule has 0 atom stereocenters. The first-order chi connectivity index (χ1) is 13.5. The number of hydrogen-bond acceptors (Lipinski definition) is 4. The predicted octanol–water partition coefficient (Wildman–Crippen LogP) is 5.88. The summed E-state index contributed by atoms with van der Waals surface area (Å²) in [6.07, 6.45) is 0. The van der Waals surface area contributed by atoms with Crippen LogP contribution in [0.1, 0.15) is 15.9 Å². The molecule has 1 N–H and O–H groups in total. The van der Waals surface area contributed by atoms with Crippen molar-refractivity contribution in [1.29, 1.82) is 5.26 Å². The van der Waals surface area contributed by atoms with Crippen molar-refractivity contribution in [3.63, 3.8) is 0 Å². The number of benzene rings is 3. The lowest BCUT2D eigenvalue weighted by Crippen LogP contribution is -2.14. The molecule has 136 valence electrons. The van der Waals surface area contributed by atoms with E-state index in [1.54, 1.807) is 18.2 Å². The van der Waals surface area contributed by atoms with Crippen LogP contribution in [0.15, 0.2) is 60.7 Å². The molecule has 0 bridgehead atoms. The van der Waals surface area contributed by atoms with E-state index >= 15 is 0 Å². The Morgan fingerprint density at radius 2 is 1.96 bits per heavy atom. The van der Waals surface area contributed by atoms with Crippen LogP contribution < -0.4 is 5.32 Å². The van der Waals surface area contributed by atoms with E-state index < -0.39 is 11.7 Å². The second-order valence-corrected chi connectivity index (χ2v) is 7.40. The van der Waals surface area contributed by atoms with Crippen LogP contribution >= 0.6 is 22.9 Å². The Balaban J connectivity index is 1.73. The van der Waals surface area contributed by atoms with Gasteiger partial charge in [-0.2, -0.15) is 5.26 Å². The quantitative estimate of drug-likeness (QED) is 0.461. The Labute approximate surface area is 168 Å². The van der Waals surface area contributed by atoms with Crippen LogP contribution in [-0.2, 0) is 0 Å². The smallest absolute Gasteiger partial charge is 0.258 e. The molecule has 1 heterocycles. The van der Waals surface area contributed by atoms with Crippen LogP contribution in [0.4, 0.5) is 10.1 Å². The number of nitrogens with one attached hydrogen (secondary N) is 1. The number of fused-ring (bicyclic) bond motifs is 1. The van der Waals surface area contributed by atoms with E-state index in [4.69, 9.17) is 16.9 Å². The van der Waals surface area contributed by atoms with Crippen molar-refractivity contribution < 1.29 is 9.18 Å². The lowest BCUT2D eigenvalue weighted by atomic mass is 10.1. The Morgan fingerprint density at radius 3 is 2.71 bits per heavy atom. The zero-order chi connectivity index (χ0) is 19.7. The number of anilines is 1. The van der Waals surface area contributed by atoms with Gasteiger partial charge >= 0.3 is 0 Å². The summed E-state index contributed by atoms with van der Waals surface area (Å²) in [5.74, 6) is -1.38. The molecule has 4 rings (SSSR count). The highest BCUT2D eigenvalue weighted by Crippen LogP contribution is 2.36. The number of rotatable bonds is 3. The predicted molar refractivity (Wildman–Crippen MR) is 109 cm³/mol. The van der Waals surface area contributed by atoms with Gasteiger partial charge in [0.15, 0.2) is 0 Å². The molecule has 0 aliphatic carbocycles. The third kappa shape index (κ3) is 3.46. The molecule has 3 aromatic carbocycles. The highest BCUT2D eigenvalue weighted by Gasteiger charge is 2.17. The number of halogens is 2. The lowest BCUT2D eigenvalue weighted by molar-refractivity contribution is 0.102. The zero-order valence-electron chi connectivity index (χ0n) is 14.2. The number of nitriles is 1. The molecule has 0 aliphatic heterocycles. The molecular weight excluding hydrogens is 397 g/mol. The van der Waals surface area contributed by atoms with Gasteiger partial charge in [-0.25, -0.2) is 9.37 Å². The zero-order valence-corrected chi connectivity index (χ0v) is 15.8. The average molecular weight is 408 g/mol. The van der Waals surface area contributed by atoms with E-state index in [0.29, 0.717) is 21.3 Å². The number of nitrogens with zero attached hydrogens (tertiary/aromatic N) is 2. The van der Waals surface area contributed by atoms with Crippen LogP contribution in [0, 0.1) is 17.1 Å². The fourth-order valence-electron chi connectivity index (χ4n) is 2.75. The Kier molecular flexibility index (Phi) is 4.78. The summed E-state index contributed by atoms with van der Waals surface area (Å²) < 4.78 is 15.2. The van der Waals surface area contributed by atoms with Crippen molar-refractivity contribution in [3.05, 3.63) is 82.6 Å². The van der Waals surface area contributed by atoms with E-state index in [1.165, 1.54) is 23.5 Å². The van der Waals surface area contributed by atoms with Gasteiger partial charge in [0, 0.05) is 10.6 Å². The molecule has 0 unspecified atom stereocenters. The number of carbonyl (C=O) groups excluding carboxylic acids is 1. The molecule has 28 heavy (non-hydrogen) atoms. The first-order valence-corrected chi connectivity index (χ1v) is 9.41.